The van der Waals surface area contributed by atoms with Gasteiger partial charge in [-0.3, -0.25) is 14.4 Å². The molecular formula is C21H22N2O5. The Bertz CT molecular complexity index is 879. The lowest BCUT2D eigenvalue weighted by molar-refractivity contribution is -0.157. The second kappa shape index (κ2) is 8.56. The Balaban J connectivity index is 1.48. The van der Waals surface area contributed by atoms with Crippen LogP contribution in [0.4, 0.5) is 5.69 Å². The molecule has 1 heterocycles. The van der Waals surface area contributed by atoms with Crippen LogP contribution in [-0.2, 0) is 25.7 Å². The van der Waals surface area contributed by atoms with Crippen molar-refractivity contribution in [3.63, 3.8) is 0 Å². The first-order valence-electron chi connectivity index (χ1n) is 9.01. The van der Waals surface area contributed by atoms with Gasteiger partial charge in [0.2, 0.25) is 0 Å². The molecule has 146 valence electrons. The van der Waals surface area contributed by atoms with Gasteiger partial charge in [-0.15, -0.1) is 0 Å². The van der Waals surface area contributed by atoms with E-state index in [0.29, 0.717) is 18.0 Å². The summed E-state index contributed by atoms with van der Waals surface area (Å²) in [6, 6.07) is 14.7. The van der Waals surface area contributed by atoms with E-state index in [2.05, 4.69) is 10.6 Å². The van der Waals surface area contributed by atoms with Gasteiger partial charge in [0.1, 0.15) is 5.75 Å². The van der Waals surface area contributed by atoms with Gasteiger partial charge in [-0.25, -0.2) is 0 Å². The zero-order valence-electron chi connectivity index (χ0n) is 15.7. The summed E-state index contributed by atoms with van der Waals surface area (Å²) < 4.78 is 10.7. The number of aryl methyl sites for hydroxylation is 1. The van der Waals surface area contributed by atoms with Crippen LogP contribution in [0.3, 0.4) is 0 Å². The van der Waals surface area contributed by atoms with Gasteiger partial charge < -0.3 is 20.1 Å². The van der Waals surface area contributed by atoms with E-state index in [0.717, 1.165) is 11.1 Å². The van der Waals surface area contributed by atoms with Gasteiger partial charge >= 0.3 is 5.97 Å². The van der Waals surface area contributed by atoms with Gasteiger partial charge in [0.15, 0.2) is 12.2 Å². The largest absolute Gasteiger partial charge is 0.478 e. The molecule has 0 bridgehead atoms. The summed E-state index contributed by atoms with van der Waals surface area (Å²) >= 11 is 0. The number of esters is 1. The maximum Gasteiger partial charge on any atom is 0.310 e. The Labute approximate surface area is 163 Å². The second-order valence-electron chi connectivity index (χ2n) is 6.63. The van der Waals surface area contributed by atoms with Crippen molar-refractivity contribution in [3.05, 3.63) is 59.7 Å². The molecule has 0 saturated heterocycles. The van der Waals surface area contributed by atoms with Crippen LogP contribution in [-0.4, -0.2) is 30.0 Å². The van der Waals surface area contributed by atoms with Gasteiger partial charge in [-0.2, -0.15) is 0 Å². The minimum Gasteiger partial charge on any atom is -0.478 e. The zero-order chi connectivity index (χ0) is 20.1. The first kappa shape index (κ1) is 19.4. The molecule has 0 fully saturated rings. The first-order chi connectivity index (χ1) is 13.4. The lowest BCUT2D eigenvalue weighted by Gasteiger charge is -2.25. The van der Waals surface area contributed by atoms with Crippen LogP contribution in [0.25, 0.3) is 0 Å². The number of nitrogens with one attached hydrogen (secondary N) is 2. The maximum absolute atomic E-state index is 12.1. The fraction of sp³-hybridized carbons (Fsp3) is 0.286. The molecule has 2 N–H and O–H groups in total. The molecule has 3 rings (SSSR count). The molecule has 2 amide bonds. The van der Waals surface area contributed by atoms with E-state index in [1.807, 2.05) is 31.2 Å². The summed E-state index contributed by atoms with van der Waals surface area (Å²) in [4.78, 5) is 36.3. The molecule has 2 atom stereocenters. The normalized spacial score (nSPS) is 16.2. The van der Waals surface area contributed by atoms with Gasteiger partial charge in [-0.05, 0) is 31.5 Å². The number of rotatable bonds is 6. The molecule has 0 spiro atoms. The molecule has 1 aliphatic rings. The van der Waals surface area contributed by atoms with E-state index in [1.165, 1.54) is 6.92 Å². The number of para-hydroxylation sites is 2. The number of amides is 2. The van der Waals surface area contributed by atoms with Gasteiger partial charge in [0.05, 0.1) is 12.1 Å². The van der Waals surface area contributed by atoms with Crippen LogP contribution in [0.1, 0.15) is 24.5 Å². The zero-order valence-corrected chi connectivity index (χ0v) is 15.7. The van der Waals surface area contributed by atoms with Crippen LogP contribution < -0.4 is 15.4 Å². The minimum atomic E-state index is -0.995. The molecule has 0 aromatic heterocycles. The summed E-state index contributed by atoms with van der Waals surface area (Å²) in [5, 5.41) is 5.41. The molecule has 2 aromatic rings. The molecule has 0 unspecified atom stereocenters. The van der Waals surface area contributed by atoms with Crippen molar-refractivity contribution in [2.75, 3.05) is 5.32 Å². The average Bonchev–Trinajstić information content (AvgIpc) is 2.67. The maximum atomic E-state index is 12.1. The Morgan fingerprint density at radius 2 is 1.89 bits per heavy atom. The van der Waals surface area contributed by atoms with Crippen LogP contribution in [0.2, 0.25) is 0 Å². The summed E-state index contributed by atoms with van der Waals surface area (Å²) in [6.45, 7) is 3.81. The smallest absolute Gasteiger partial charge is 0.310 e. The molecule has 0 saturated carbocycles. The minimum absolute atomic E-state index is 0.282. The number of fused-ring (bicyclic) bond motifs is 1. The highest BCUT2D eigenvalue weighted by Gasteiger charge is 2.31. The number of hydrogen-bond acceptors (Lipinski definition) is 5. The van der Waals surface area contributed by atoms with Crippen LogP contribution >= 0.6 is 0 Å². The number of ether oxygens (including phenoxy) is 2. The predicted molar refractivity (Wildman–Crippen MR) is 103 cm³/mol. The monoisotopic (exact) mass is 382 g/mol. The molecule has 1 aliphatic heterocycles. The van der Waals surface area contributed by atoms with E-state index in [4.69, 9.17) is 9.47 Å². The summed E-state index contributed by atoms with van der Waals surface area (Å²) in [7, 11) is 0. The van der Waals surface area contributed by atoms with Crippen molar-refractivity contribution in [2.45, 2.75) is 39.0 Å². The highest BCUT2D eigenvalue weighted by atomic mass is 16.6. The number of hydrogen-bond donors (Lipinski definition) is 2. The van der Waals surface area contributed by atoms with Gasteiger partial charge in [0, 0.05) is 6.54 Å². The van der Waals surface area contributed by atoms with Crippen molar-refractivity contribution < 1.29 is 23.9 Å². The van der Waals surface area contributed by atoms with E-state index < -0.39 is 30.0 Å². The lowest BCUT2D eigenvalue weighted by Crippen LogP contribution is -2.40. The third kappa shape index (κ3) is 4.88. The molecule has 0 aliphatic carbocycles. The number of benzene rings is 2. The molecular weight excluding hydrogens is 360 g/mol. The third-order valence-corrected chi connectivity index (χ3v) is 4.32. The molecule has 28 heavy (non-hydrogen) atoms. The topological polar surface area (TPSA) is 93.7 Å². The first-order valence-corrected chi connectivity index (χ1v) is 9.01. The Hall–Kier alpha value is -3.35. The second-order valence-corrected chi connectivity index (χ2v) is 6.63. The average molecular weight is 382 g/mol. The van der Waals surface area contributed by atoms with Crippen molar-refractivity contribution in [1.82, 2.24) is 5.32 Å². The molecule has 7 nitrogen and oxygen atoms in total. The standard InChI is InChI=1S/C21H22N2O5/c1-13-7-9-15(10-8-13)12-22-20(25)14(2)27-19(24)11-18-21(26)23-16-5-3-4-6-17(16)28-18/h3-10,14,18H,11-12H2,1-2H3,(H,22,25)(H,23,26)/t14-,18+/m0/s1. The van der Waals surface area contributed by atoms with E-state index in [-0.39, 0.29) is 6.42 Å². The quantitative estimate of drug-likeness (QED) is 0.748. The van der Waals surface area contributed by atoms with Crippen LogP contribution in [0.5, 0.6) is 5.75 Å². The summed E-state index contributed by atoms with van der Waals surface area (Å²) in [5.74, 6) is -1.03. The van der Waals surface area contributed by atoms with Crippen molar-refractivity contribution in [1.29, 1.82) is 0 Å². The molecule has 7 heteroatoms. The fourth-order valence-electron chi connectivity index (χ4n) is 2.72. The summed E-state index contributed by atoms with van der Waals surface area (Å²) in [6.07, 6.45) is -2.25. The predicted octanol–water partition coefficient (Wildman–Crippen LogP) is 2.33. The van der Waals surface area contributed by atoms with E-state index >= 15 is 0 Å². The van der Waals surface area contributed by atoms with Crippen LogP contribution in [0.15, 0.2) is 48.5 Å². The van der Waals surface area contributed by atoms with Crippen molar-refractivity contribution in [3.8, 4) is 5.75 Å². The number of carbonyl (C=O) groups excluding carboxylic acids is 3. The van der Waals surface area contributed by atoms with Crippen molar-refractivity contribution >= 4 is 23.5 Å². The SMILES string of the molecule is Cc1ccc(CNC(=O)[C@H](C)OC(=O)C[C@H]2Oc3ccccc3NC2=O)cc1. The van der Waals surface area contributed by atoms with Crippen LogP contribution in [0, 0.1) is 6.92 Å². The Morgan fingerprint density at radius 3 is 2.64 bits per heavy atom. The van der Waals surface area contributed by atoms with E-state index in [9.17, 15) is 14.4 Å². The van der Waals surface area contributed by atoms with E-state index in [1.54, 1.807) is 24.3 Å². The molecule has 2 aromatic carbocycles. The Morgan fingerprint density at radius 1 is 1.18 bits per heavy atom. The molecule has 0 radical (unpaired) electrons. The van der Waals surface area contributed by atoms with Gasteiger partial charge in [-0.1, -0.05) is 42.0 Å². The highest BCUT2D eigenvalue weighted by Crippen LogP contribution is 2.29. The lowest BCUT2D eigenvalue weighted by atomic mass is 10.1. The summed E-state index contributed by atoms with van der Waals surface area (Å²) in [5.41, 5.74) is 2.64. The van der Waals surface area contributed by atoms with Gasteiger partial charge in [0.25, 0.3) is 11.8 Å². The Kier molecular flexibility index (Phi) is 5.93. The number of anilines is 1. The third-order valence-electron chi connectivity index (χ3n) is 4.32. The highest BCUT2D eigenvalue weighted by molar-refractivity contribution is 5.99. The fourth-order valence-corrected chi connectivity index (χ4v) is 2.72. The van der Waals surface area contributed by atoms with Crippen molar-refractivity contribution in [2.24, 2.45) is 0 Å². The number of carbonyl (C=O) groups is 3.